The Morgan fingerprint density at radius 3 is 2.31 bits per heavy atom. The van der Waals surface area contributed by atoms with E-state index < -0.39 is 8.32 Å². The maximum atomic E-state index is 15.3. The number of pyridine rings is 1. The molecule has 0 radical (unpaired) electrons. The molecule has 158 valence electrons. The van der Waals surface area contributed by atoms with Crippen molar-refractivity contribution in [3.63, 3.8) is 0 Å². The zero-order chi connectivity index (χ0) is 21.2. The predicted molar refractivity (Wildman–Crippen MR) is 125 cm³/mol. The number of rotatable bonds is 5. The Morgan fingerprint density at radius 2 is 1.72 bits per heavy atom. The number of piperazine rings is 1. The lowest BCUT2D eigenvalue weighted by molar-refractivity contribution is 0.271. The van der Waals surface area contributed by atoms with Crippen molar-refractivity contribution in [2.75, 3.05) is 36.0 Å². The molecular weight excluding hydrogens is 449 g/mol. The molecule has 1 aromatic carbocycles. The lowest BCUT2D eigenvalue weighted by atomic mass is 10.1. The second-order valence-corrected chi connectivity index (χ2v) is 14.8. The van der Waals surface area contributed by atoms with Crippen molar-refractivity contribution in [1.82, 2.24) is 4.98 Å². The van der Waals surface area contributed by atoms with Gasteiger partial charge < -0.3 is 14.2 Å². The van der Waals surface area contributed by atoms with E-state index >= 15 is 4.39 Å². The Hall–Kier alpha value is -1.44. The van der Waals surface area contributed by atoms with Crippen LogP contribution in [-0.2, 0) is 11.0 Å². The van der Waals surface area contributed by atoms with Gasteiger partial charge in [0.25, 0.3) is 0 Å². The van der Waals surface area contributed by atoms with E-state index in [2.05, 4.69) is 64.6 Å². The van der Waals surface area contributed by atoms with Crippen molar-refractivity contribution < 1.29 is 8.82 Å². The SMILES string of the molecule is CC(C)(C)[Si](C)(C)OCc1cccc(N2CCN(c3ccc(Br)cn3)CC2)c1F. The van der Waals surface area contributed by atoms with E-state index in [9.17, 15) is 0 Å². The number of hydrogen-bond donors (Lipinski definition) is 0. The first-order valence-electron chi connectivity index (χ1n) is 10.1. The summed E-state index contributed by atoms with van der Waals surface area (Å²) in [6.45, 7) is 14.5. The summed E-state index contributed by atoms with van der Waals surface area (Å²) in [5.74, 6) is 0.811. The van der Waals surface area contributed by atoms with Crippen molar-refractivity contribution in [3.05, 3.63) is 52.4 Å². The summed E-state index contributed by atoms with van der Waals surface area (Å²) >= 11 is 3.42. The molecule has 1 saturated heterocycles. The third-order valence-corrected chi connectivity index (χ3v) is 11.1. The highest BCUT2D eigenvalue weighted by Gasteiger charge is 2.37. The van der Waals surface area contributed by atoms with Crippen LogP contribution in [0.3, 0.4) is 0 Å². The van der Waals surface area contributed by atoms with E-state index in [1.807, 2.05) is 36.5 Å². The zero-order valence-electron chi connectivity index (χ0n) is 18.0. The van der Waals surface area contributed by atoms with E-state index in [4.69, 9.17) is 4.43 Å². The average molecular weight is 480 g/mol. The molecule has 2 heterocycles. The summed E-state index contributed by atoms with van der Waals surface area (Å²) in [5.41, 5.74) is 1.31. The molecule has 29 heavy (non-hydrogen) atoms. The molecule has 2 aromatic rings. The van der Waals surface area contributed by atoms with Crippen LogP contribution in [-0.4, -0.2) is 39.5 Å². The third-order valence-electron chi connectivity index (χ3n) is 6.11. The van der Waals surface area contributed by atoms with Crippen LogP contribution in [0.4, 0.5) is 15.9 Å². The molecular formula is C22H31BrFN3OSi. The summed E-state index contributed by atoms with van der Waals surface area (Å²) in [4.78, 5) is 8.84. The summed E-state index contributed by atoms with van der Waals surface area (Å²) < 4.78 is 22.5. The Balaban J connectivity index is 1.66. The van der Waals surface area contributed by atoms with Crippen LogP contribution in [0.2, 0.25) is 18.1 Å². The Bertz CT molecular complexity index is 831. The fourth-order valence-electron chi connectivity index (χ4n) is 3.13. The molecule has 0 aliphatic carbocycles. The molecule has 4 nitrogen and oxygen atoms in total. The van der Waals surface area contributed by atoms with Gasteiger partial charge in [-0.1, -0.05) is 32.9 Å². The van der Waals surface area contributed by atoms with Crippen molar-refractivity contribution in [1.29, 1.82) is 0 Å². The van der Waals surface area contributed by atoms with Gasteiger partial charge in [-0.25, -0.2) is 9.37 Å². The van der Waals surface area contributed by atoms with Crippen LogP contribution in [0.15, 0.2) is 41.0 Å². The molecule has 0 N–H and O–H groups in total. The number of nitrogens with zero attached hydrogens (tertiary/aromatic N) is 3. The maximum absolute atomic E-state index is 15.3. The highest BCUT2D eigenvalue weighted by Crippen LogP contribution is 2.37. The van der Waals surface area contributed by atoms with Gasteiger partial charge in [-0.05, 0) is 52.3 Å². The second-order valence-electron chi connectivity index (χ2n) is 9.11. The van der Waals surface area contributed by atoms with Gasteiger partial charge in [-0.3, -0.25) is 0 Å². The third kappa shape index (κ3) is 5.19. The molecule has 0 amide bonds. The molecule has 0 atom stereocenters. The van der Waals surface area contributed by atoms with Crippen molar-refractivity contribution in [2.45, 2.75) is 45.5 Å². The first-order chi connectivity index (χ1) is 13.6. The number of aromatic nitrogens is 1. The minimum Gasteiger partial charge on any atom is -0.412 e. The lowest BCUT2D eigenvalue weighted by Gasteiger charge is -2.37. The Kier molecular flexibility index (Phi) is 6.70. The van der Waals surface area contributed by atoms with Crippen LogP contribution in [0.1, 0.15) is 26.3 Å². The van der Waals surface area contributed by atoms with Gasteiger partial charge in [0.05, 0.1) is 12.3 Å². The molecule has 0 unspecified atom stereocenters. The number of anilines is 2. The molecule has 0 saturated carbocycles. The van der Waals surface area contributed by atoms with Crippen molar-refractivity contribution in [2.24, 2.45) is 0 Å². The van der Waals surface area contributed by atoms with E-state index in [0.717, 1.165) is 36.5 Å². The lowest BCUT2D eigenvalue weighted by Crippen LogP contribution is -2.47. The van der Waals surface area contributed by atoms with Gasteiger partial charge in [0, 0.05) is 42.4 Å². The topological polar surface area (TPSA) is 28.6 Å². The highest BCUT2D eigenvalue weighted by molar-refractivity contribution is 9.10. The van der Waals surface area contributed by atoms with Gasteiger partial charge >= 0.3 is 0 Å². The van der Waals surface area contributed by atoms with Crippen molar-refractivity contribution >= 4 is 35.8 Å². The molecule has 1 aliphatic heterocycles. The number of halogens is 2. The van der Waals surface area contributed by atoms with Gasteiger partial charge in [0.2, 0.25) is 0 Å². The molecule has 0 bridgehead atoms. The van der Waals surface area contributed by atoms with Crippen LogP contribution < -0.4 is 9.80 Å². The standard InChI is InChI=1S/C22H31BrFN3OSi/c1-22(2,3)29(4,5)28-16-17-7-6-8-19(21(17)24)26-11-13-27(14-12-26)20-10-9-18(23)15-25-20/h6-10,15H,11-14,16H2,1-5H3. The minimum atomic E-state index is -1.92. The largest absolute Gasteiger partial charge is 0.412 e. The quantitative estimate of drug-likeness (QED) is 0.504. The van der Waals surface area contributed by atoms with E-state index in [1.54, 1.807) is 0 Å². The first kappa shape index (κ1) is 22.2. The molecule has 0 spiro atoms. The highest BCUT2D eigenvalue weighted by atomic mass is 79.9. The van der Waals surface area contributed by atoms with Gasteiger partial charge in [0.15, 0.2) is 14.1 Å². The van der Waals surface area contributed by atoms with E-state index in [-0.39, 0.29) is 10.9 Å². The van der Waals surface area contributed by atoms with E-state index in [1.165, 1.54) is 0 Å². The normalized spacial score (nSPS) is 15.7. The fourth-order valence-corrected chi connectivity index (χ4v) is 4.31. The molecule has 7 heteroatoms. The Morgan fingerprint density at radius 1 is 1.07 bits per heavy atom. The Labute approximate surface area is 183 Å². The number of hydrogen-bond acceptors (Lipinski definition) is 4. The van der Waals surface area contributed by atoms with Crippen LogP contribution in [0.5, 0.6) is 0 Å². The average Bonchev–Trinajstić information content (AvgIpc) is 2.67. The van der Waals surface area contributed by atoms with Gasteiger partial charge in [0.1, 0.15) is 5.82 Å². The molecule has 1 aromatic heterocycles. The summed E-state index contributed by atoms with van der Waals surface area (Å²) in [6, 6.07) is 9.66. The summed E-state index contributed by atoms with van der Waals surface area (Å²) in [5, 5.41) is 0.110. The second kappa shape index (κ2) is 8.74. The molecule has 1 aliphatic rings. The predicted octanol–water partition coefficient (Wildman–Crippen LogP) is 5.83. The van der Waals surface area contributed by atoms with Crippen LogP contribution in [0.25, 0.3) is 0 Å². The maximum Gasteiger partial charge on any atom is 0.192 e. The van der Waals surface area contributed by atoms with E-state index in [0.29, 0.717) is 17.9 Å². The minimum absolute atomic E-state index is 0.110. The summed E-state index contributed by atoms with van der Waals surface area (Å²) in [7, 11) is -1.92. The number of benzene rings is 1. The zero-order valence-corrected chi connectivity index (χ0v) is 20.6. The first-order valence-corrected chi connectivity index (χ1v) is 13.8. The smallest absolute Gasteiger partial charge is 0.192 e. The molecule has 3 rings (SSSR count). The van der Waals surface area contributed by atoms with Gasteiger partial charge in [-0.2, -0.15) is 0 Å². The van der Waals surface area contributed by atoms with Crippen LogP contribution in [0, 0.1) is 5.82 Å². The van der Waals surface area contributed by atoms with Gasteiger partial charge in [-0.15, -0.1) is 0 Å². The fraction of sp³-hybridized carbons (Fsp3) is 0.500. The van der Waals surface area contributed by atoms with Crippen molar-refractivity contribution in [3.8, 4) is 0 Å². The molecule has 1 fully saturated rings. The van der Waals surface area contributed by atoms with Crippen LogP contribution >= 0.6 is 15.9 Å². The summed E-state index contributed by atoms with van der Waals surface area (Å²) in [6.07, 6.45) is 1.81. The monoisotopic (exact) mass is 479 g/mol.